The minimum Gasteiger partial charge on any atom is -0.315 e. The molecule has 1 aliphatic carbocycles. The van der Waals surface area contributed by atoms with Gasteiger partial charge in [0.2, 0.25) is 0 Å². The summed E-state index contributed by atoms with van der Waals surface area (Å²) >= 11 is 1.94. The van der Waals surface area contributed by atoms with E-state index >= 15 is 0 Å². The van der Waals surface area contributed by atoms with Crippen LogP contribution in [0.15, 0.2) is 6.07 Å². The summed E-state index contributed by atoms with van der Waals surface area (Å²) in [5.41, 5.74) is 1.53. The Kier molecular flexibility index (Phi) is 4.60. The van der Waals surface area contributed by atoms with Crippen molar-refractivity contribution in [2.45, 2.75) is 39.8 Å². The molecule has 1 N–H and O–H groups in total. The van der Waals surface area contributed by atoms with Crippen molar-refractivity contribution in [1.29, 1.82) is 0 Å². The van der Waals surface area contributed by atoms with Crippen LogP contribution in [0.2, 0.25) is 0 Å². The maximum atomic E-state index is 3.23. The molecule has 0 aromatic carbocycles. The van der Waals surface area contributed by atoms with Crippen LogP contribution < -0.4 is 5.32 Å². The van der Waals surface area contributed by atoms with Crippen LogP contribution in [0, 0.1) is 12.8 Å². The van der Waals surface area contributed by atoms with E-state index in [0.717, 1.165) is 19.0 Å². The highest BCUT2D eigenvalue weighted by Crippen LogP contribution is 2.31. The molecule has 1 heterocycles. The Balaban J connectivity index is 1.94. The first kappa shape index (κ1) is 13.1. The predicted molar refractivity (Wildman–Crippen MR) is 75.5 cm³/mol. The van der Waals surface area contributed by atoms with Crippen LogP contribution in [0.1, 0.15) is 35.1 Å². The first-order valence-corrected chi connectivity index (χ1v) is 7.49. The summed E-state index contributed by atoms with van der Waals surface area (Å²) in [6, 6.07) is 2.38. The van der Waals surface area contributed by atoms with E-state index in [0.29, 0.717) is 0 Å². The number of hydrogen-bond acceptors (Lipinski definition) is 3. The second kappa shape index (κ2) is 5.98. The van der Waals surface area contributed by atoms with E-state index < -0.39 is 0 Å². The van der Waals surface area contributed by atoms with E-state index in [-0.39, 0.29) is 0 Å². The third-order valence-electron chi connectivity index (χ3n) is 3.48. The summed E-state index contributed by atoms with van der Waals surface area (Å²) in [6.45, 7) is 9.14. The van der Waals surface area contributed by atoms with Crippen LogP contribution in [0.25, 0.3) is 0 Å². The van der Waals surface area contributed by atoms with Crippen molar-refractivity contribution < 1.29 is 0 Å². The van der Waals surface area contributed by atoms with Gasteiger partial charge < -0.3 is 5.32 Å². The molecule has 0 atom stereocenters. The molecule has 0 unspecified atom stereocenters. The molecule has 0 amide bonds. The fourth-order valence-corrected chi connectivity index (χ4v) is 3.28. The number of thiophene rings is 1. The van der Waals surface area contributed by atoms with Crippen molar-refractivity contribution in [3.05, 3.63) is 21.4 Å². The zero-order chi connectivity index (χ0) is 12.3. The van der Waals surface area contributed by atoms with Gasteiger partial charge in [-0.05, 0) is 50.9 Å². The Morgan fingerprint density at radius 2 is 2.24 bits per heavy atom. The monoisotopic (exact) mass is 252 g/mol. The summed E-state index contributed by atoms with van der Waals surface area (Å²) < 4.78 is 0. The first-order chi connectivity index (χ1) is 8.22. The van der Waals surface area contributed by atoms with Gasteiger partial charge in [0.15, 0.2) is 0 Å². The van der Waals surface area contributed by atoms with Gasteiger partial charge in [-0.3, -0.25) is 4.90 Å². The minimum atomic E-state index is 0.991. The summed E-state index contributed by atoms with van der Waals surface area (Å²) in [5.74, 6) is 0.991. The maximum absolute atomic E-state index is 3.23. The molecule has 0 spiro atoms. The number of aryl methyl sites for hydroxylation is 1. The topological polar surface area (TPSA) is 15.3 Å². The van der Waals surface area contributed by atoms with E-state index in [9.17, 15) is 0 Å². The molecule has 2 nitrogen and oxygen atoms in total. The zero-order valence-corrected chi connectivity index (χ0v) is 12.1. The van der Waals surface area contributed by atoms with Crippen molar-refractivity contribution in [2.75, 3.05) is 20.1 Å². The van der Waals surface area contributed by atoms with E-state index in [1.807, 2.05) is 18.4 Å². The Morgan fingerprint density at radius 1 is 1.47 bits per heavy atom. The van der Waals surface area contributed by atoms with E-state index in [4.69, 9.17) is 0 Å². The highest BCUT2D eigenvalue weighted by Gasteiger charge is 2.24. The molecule has 0 aliphatic heterocycles. The zero-order valence-electron chi connectivity index (χ0n) is 11.3. The molecule has 3 heteroatoms. The maximum Gasteiger partial charge on any atom is 0.0296 e. The van der Waals surface area contributed by atoms with Gasteiger partial charge in [-0.15, -0.1) is 11.3 Å². The van der Waals surface area contributed by atoms with Crippen LogP contribution in [-0.4, -0.2) is 25.0 Å². The SMILES string of the molecule is CCN(Cc1cc(CNC)sc1C)CC1CC1. The van der Waals surface area contributed by atoms with Gasteiger partial charge >= 0.3 is 0 Å². The summed E-state index contributed by atoms with van der Waals surface area (Å²) in [6.07, 6.45) is 2.90. The molecule has 1 aromatic heterocycles. The summed E-state index contributed by atoms with van der Waals surface area (Å²) in [5, 5.41) is 3.23. The lowest BCUT2D eigenvalue weighted by atomic mass is 10.2. The number of nitrogens with one attached hydrogen (secondary N) is 1. The molecule has 0 radical (unpaired) electrons. The summed E-state index contributed by atoms with van der Waals surface area (Å²) in [4.78, 5) is 5.54. The molecular weight excluding hydrogens is 228 g/mol. The predicted octanol–water partition coefficient (Wildman–Crippen LogP) is 3.01. The lowest BCUT2D eigenvalue weighted by molar-refractivity contribution is 0.268. The normalized spacial score (nSPS) is 15.8. The Hall–Kier alpha value is -0.380. The molecule has 1 aliphatic rings. The van der Waals surface area contributed by atoms with E-state index in [2.05, 4.69) is 30.1 Å². The van der Waals surface area contributed by atoms with E-state index in [1.165, 1.54) is 41.2 Å². The Morgan fingerprint density at radius 3 is 2.82 bits per heavy atom. The molecule has 1 aromatic rings. The van der Waals surface area contributed by atoms with Gasteiger partial charge in [-0.1, -0.05) is 6.92 Å². The van der Waals surface area contributed by atoms with Crippen molar-refractivity contribution in [3.63, 3.8) is 0 Å². The molecule has 0 saturated heterocycles. The Bertz CT molecular complexity index is 355. The molecular formula is C14H24N2S. The van der Waals surface area contributed by atoms with Crippen molar-refractivity contribution in [1.82, 2.24) is 10.2 Å². The third-order valence-corrected chi connectivity index (χ3v) is 4.57. The second-order valence-corrected chi connectivity index (χ2v) is 6.44. The average Bonchev–Trinajstić information content (AvgIpc) is 3.04. The largest absolute Gasteiger partial charge is 0.315 e. The molecule has 0 bridgehead atoms. The van der Waals surface area contributed by atoms with Gasteiger partial charge in [0.25, 0.3) is 0 Å². The third kappa shape index (κ3) is 3.80. The summed E-state index contributed by atoms with van der Waals surface area (Å²) in [7, 11) is 2.01. The van der Waals surface area contributed by atoms with Crippen LogP contribution >= 0.6 is 11.3 Å². The number of rotatable bonds is 7. The highest BCUT2D eigenvalue weighted by molar-refractivity contribution is 7.12. The average molecular weight is 252 g/mol. The minimum absolute atomic E-state index is 0.991. The van der Waals surface area contributed by atoms with E-state index in [1.54, 1.807) is 0 Å². The highest BCUT2D eigenvalue weighted by atomic mass is 32.1. The van der Waals surface area contributed by atoms with Crippen molar-refractivity contribution in [3.8, 4) is 0 Å². The fraction of sp³-hybridized carbons (Fsp3) is 0.714. The van der Waals surface area contributed by atoms with Crippen LogP contribution in [-0.2, 0) is 13.1 Å². The second-order valence-electron chi connectivity index (χ2n) is 5.10. The van der Waals surface area contributed by atoms with Gasteiger partial charge in [-0.25, -0.2) is 0 Å². The number of nitrogens with zero attached hydrogens (tertiary/aromatic N) is 1. The number of hydrogen-bond donors (Lipinski definition) is 1. The standard InChI is InChI=1S/C14H24N2S/c1-4-16(9-12-5-6-12)10-13-7-14(8-15-3)17-11(13)2/h7,12,15H,4-6,8-10H2,1-3H3. The van der Waals surface area contributed by atoms with Crippen LogP contribution in [0.3, 0.4) is 0 Å². The molecule has 96 valence electrons. The Labute approximate surface area is 109 Å². The fourth-order valence-electron chi connectivity index (χ4n) is 2.22. The van der Waals surface area contributed by atoms with Crippen molar-refractivity contribution in [2.24, 2.45) is 5.92 Å². The van der Waals surface area contributed by atoms with Gasteiger partial charge in [0.1, 0.15) is 0 Å². The van der Waals surface area contributed by atoms with Gasteiger partial charge in [0.05, 0.1) is 0 Å². The lowest BCUT2D eigenvalue weighted by Crippen LogP contribution is -2.25. The molecule has 2 rings (SSSR count). The van der Waals surface area contributed by atoms with Crippen molar-refractivity contribution >= 4 is 11.3 Å². The molecule has 17 heavy (non-hydrogen) atoms. The van der Waals surface area contributed by atoms with Crippen LogP contribution in [0.4, 0.5) is 0 Å². The smallest absolute Gasteiger partial charge is 0.0296 e. The first-order valence-electron chi connectivity index (χ1n) is 6.68. The lowest BCUT2D eigenvalue weighted by Gasteiger charge is -2.19. The van der Waals surface area contributed by atoms with Gasteiger partial charge in [0, 0.05) is 29.4 Å². The molecule has 1 fully saturated rings. The molecule has 1 saturated carbocycles. The quantitative estimate of drug-likeness (QED) is 0.802. The van der Waals surface area contributed by atoms with Crippen LogP contribution in [0.5, 0.6) is 0 Å². The van der Waals surface area contributed by atoms with Gasteiger partial charge in [-0.2, -0.15) is 0 Å².